The van der Waals surface area contributed by atoms with Gasteiger partial charge in [-0.3, -0.25) is 9.48 Å². The van der Waals surface area contributed by atoms with Crippen molar-refractivity contribution in [2.24, 2.45) is 0 Å². The predicted octanol–water partition coefficient (Wildman–Crippen LogP) is 2.39. The lowest BCUT2D eigenvalue weighted by atomic mass is 9.72. The van der Waals surface area contributed by atoms with Crippen LogP contribution in [0.4, 0.5) is 0 Å². The molecule has 0 unspecified atom stereocenters. The Morgan fingerprint density at radius 2 is 1.83 bits per heavy atom. The summed E-state index contributed by atoms with van der Waals surface area (Å²) in [6.45, 7) is 7.70. The summed E-state index contributed by atoms with van der Waals surface area (Å²) in [5, 5.41) is 7.57. The van der Waals surface area contributed by atoms with E-state index in [9.17, 15) is 13.2 Å². The summed E-state index contributed by atoms with van der Waals surface area (Å²) in [6.07, 6.45) is 1.76. The van der Waals surface area contributed by atoms with Gasteiger partial charge in [0.1, 0.15) is 0 Å². The van der Waals surface area contributed by atoms with Crippen LogP contribution in [0.2, 0.25) is 0 Å². The molecular formula is C22H32N4O3S. The largest absolute Gasteiger partial charge is 0.355 e. The minimum Gasteiger partial charge on any atom is -0.355 e. The van der Waals surface area contributed by atoms with E-state index in [0.717, 1.165) is 29.9 Å². The molecule has 0 saturated carbocycles. The van der Waals surface area contributed by atoms with Gasteiger partial charge >= 0.3 is 0 Å². The van der Waals surface area contributed by atoms with Crippen LogP contribution >= 0.6 is 0 Å². The molecule has 2 heterocycles. The lowest BCUT2D eigenvalue weighted by Crippen LogP contribution is -2.53. The molecule has 0 bridgehead atoms. The number of rotatable bonds is 8. The maximum absolute atomic E-state index is 13.3. The summed E-state index contributed by atoms with van der Waals surface area (Å²) in [4.78, 5) is 13.3. The zero-order valence-corrected chi connectivity index (χ0v) is 18.9. The average Bonchev–Trinajstić information content (AvgIpc) is 3.08. The molecular weight excluding hydrogens is 400 g/mol. The number of sulfonamides is 1. The highest BCUT2D eigenvalue weighted by Crippen LogP contribution is 2.36. The third-order valence-electron chi connectivity index (χ3n) is 6.03. The molecule has 1 aliphatic rings. The van der Waals surface area contributed by atoms with Crippen molar-refractivity contribution in [2.75, 3.05) is 25.4 Å². The molecule has 164 valence electrons. The number of piperidine rings is 1. The number of benzene rings is 1. The Labute approximate surface area is 179 Å². The number of hydrogen-bond donors (Lipinski definition) is 1. The summed E-state index contributed by atoms with van der Waals surface area (Å²) < 4.78 is 28.0. The smallest absolute Gasteiger partial charge is 0.230 e. The zero-order valence-electron chi connectivity index (χ0n) is 18.1. The van der Waals surface area contributed by atoms with Crippen molar-refractivity contribution in [3.63, 3.8) is 0 Å². The monoisotopic (exact) mass is 432 g/mol. The molecule has 7 nitrogen and oxygen atoms in total. The van der Waals surface area contributed by atoms with Crippen molar-refractivity contribution >= 4 is 15.9 Å². The zero-order chi connectivity index (χ0) is 21.8. The van der Waals surface area contributed by atoms with Crippen molar-refractivity contribution < 1.29 is 13.2 Å². The van der Waals surface area contributed by atoms with Gasteiger partial charge in [-0.25, -0.2) is 12.7 Å². The van der Waals surface area contributed by atoms with Crippen molar-refractivity contribution in [1.82, 2.24) is 19.4 Å². The van der Waals surface area contributed by atoms with Crippen molar-refractivity contribution in [2.45, 2.75) is 52.0 Å². The molecule has 1 saturated heterocycles. The van der Waals surface area contributed by atoms with Gasteiger partial charge in [0.25, 0.3) is 0 Å². The minimum atomic E-state index is -3.24. The fourth-order valence-electron chi connectivity index (χ4n) is 4.23. The van der Waals surface area contributed by atoms with Gasteiger partial charge in [0.15, 0.2) is 0 Å². The van der Waals surface area contributed by atoms with Crippen LogP contribution in [-0.4, -0.2) is 53.8 Å². The van der Waals surface area contributed by atoms with E-state index in [4.69, 9.17) is 0 Å². The minimum absolute atomic E-state index is 0.0179. The number of carbonyl (C=O) groups excluding carboxylic acids is 1. The Balaban J connectivity index is 1.67. The second-order valence-electron chi connectivity index (χ2n) is 8.01. The third-order valence-corrected chi connectivity index (χ3v) is 7.91. The molecule has 0 atom stereocenters. The van der Waals surface area contributed by atoms with E-state index in [0.29, 0.717) is 32.5 Å². The number of amides is 1. The second-order valence-corrected chi connectivity index (χ2v) is 10.3. The van der Waals surface area contributed by atoms with E-state index >= 15 is 0 Å². The first-order valence-electron chi connectivity index (χ1n) is 10.6. The van der Waals surface area contributed by atoms with Crippen molar-refractivity contribution in [1.29, 1.82) is 0 Å². The highest BCUT2D eigenvalue weighted by molar-refractivity contribution is 7.89. The fourth-order valence-corrected chi connectivity index (χ4v) is 5.34. The quantitative estimate of drug-likeness (QED) is 0.649. The SMILES string of the molecule is CCS(=O)(=O)N1CCC(C(=O)NCCCn2nc(C)cc2C)(c2ccccc2)CC1. The van der Waals surface area contributed by atoms with Gasteiger partial charge in [-0.05, 0) is 51.7 Å². The van der Waals surface area contributed by atoms with E-state index in [2.05, 4.69) is 10.4 Å². The Morgan fingerprint density at radius 1 is 1.17 bits per heavy atom. The van der Waals surface area contributed by atoms with Crippen LogP contribution in [-0.2, 0) is 26.8 Å². The molecule has 1 aromatic carbocycles. The van der Waals surface area contributed by atoms with Gasteiger partial charge in [0, 0.05) is 31.9 Å². The van der Waals surface area contributed by atoms with Crippen LogP contribution in [0.3, 0.4) is 0 Å². The van der Waals surface area contributed by atoms with Crippen LogP contribution in [0.1, 0.15) is 43.1 Å². The molecule has 0 spiro atoms. The average molecular weight is 433 g/mol. The molecule has 1 aliphatic heterocycles. The molecule has 8 heteroatoms. The topological polar surface area (TPSA) is 84.3 Å². The first-order chi connectivity index (χ1) is 14.3. The van der Waals surface area contributed by atoms with E-state index in [1.54, 1.807) is 6.92 Å². The molecule has 1 aromatic heterocycles. The standard InChI is InChI=1S/C22H32N4O3S/c1-4-30(28,29)25-15-11-22(12-16-25,20-9-6-5-7-10-20)21(27)23-13-8-14-26-19(3)17-18(2)24-26/h5-7,9-10,17H,4,8,11-16H2,1-3H3,(H,23,27). The first kappa shape index (κ1) is 22.5. The van der Waals surface area contributed by atoms with Gasteiger partial charge in [0.05, 0.1) is 16.9 Å². The first-order valence-corrected chi connectivity index (χ1v) is 12.2. The summed E-state index contributed by atoms with van der Waals surface area (Å²) in [5.41, 5.74) is 2.37. The molecule has 30 heavy (non-hydrogen) atoms. The van der Waals surface area contributed by atoms with Crippen molar-refractivity contribution in [3.05, 3.63) is 53.3 Å². The number of carbonyl (C=O) groups is 1. The maximum atomic E-state index is 13.3. The van der Waals surface area contributed by atoms with E-state index < -0.39 is 15.4 Å². The number of nitrogens with one attached hydrogen (secondary N) is 1. The summed E-state index contributed by atoms with van der Waals surface area (Å²) in [7, 11) is -3.24. The summed E-state index contributed by atoms with van der Waals surface area (Å²) in [6, 6.07) is 11.8. The maximum Gasteiger partial charge on any atom is 0.230 e. The Bertz CT molecular complexity index is 962. The lowest BCUT2D eigenvalue weighted by Gasteiger charge is -2.40. The summed E-state index contributed by atoms with van der Waals surface area (Å²) in [5.74, 6) is 0.0692. The van der Waals surface area contributed by atoms with Gasteiger partial charge in [-0.1, -0.05) is 30.3 Å². The van der Waals surface area contributed by atoms with Crippen LogP contribution < -0.4 is 5.32 Å². The van der Waals surface area contributed by atoms with Crippen molar-refractivity contribution in [3.8, 4) is 0 Å². The molecule has 3 rings (SSSR count). The molecule has 0 radical (unpaired) electrons. The second kappa shape index (κ2) is 9.31. The van der Waals surface area contributed by atoms with Gasteiger partial charge in [0.2, 0.25) is 15.9 Å². The van der Waals surface area contributed by atoms with Gasteiger partial charge in [-0.15, -0.1) is 0 Å². The van der Waals surface area contributed by atoms with E-state index in [1.165, 1.54) is 4.31 Å². The summed E-state index contributed by atoms with van der Waals surface area (Å²) >= 11 is 0. The Hall–Kier alpha value is -2.19. The third kappa shape index (κ3) is 4.75. The normalized spacial score (nSPS) is 17.0. The Kier molecular flexibility index (Phi) is 6.98. The fraction of sp³-hybridized carbons (Fsp3) is 0.545. The van der Waals surface area contributed by atoms with Crippen LogP contribution in [0.15, 0.2) is 36.4 Å². The van der Waals surface area contributed by atoms with Gasteiger partial charge < -0.3 is 5.32 Å². The molecule has 0 aliphatic carbocycles. The molecule has 1 amide bonds. The van der Waals surface area contributed by atoms with Crippen LogP contribution in [0.25, 0.3) is 0 Å². The van der Waals surface area contributed by atoms with Gasteiger partial charge in [-0.2, -0.15) is 5.10 Å². The number of aryl methyl sites for hydroxylation is 3. The molecule has 2 aromatic rings. The predicted molar refractivity (Wildman–Crippen MR) is 118 cm³/mol. The van der Waals surface area contributed by atoms with E-state index in [-0.39, 0.29) is 11.7 Å². The highest BCUT2D eigenvalue weighted by Gasteiger charge is 2.44. The number of hydrogen-bond acceptors (Lipinski definition) is 4. The van der Waals surface area contributed by atoms with Crippen LogP contribution in [0.5, 0.6) is 0 Å². The number of aromatic nitrogens is 2. The van der Waals surface area contributed by atoms with E-state index in [1.807, 2.05) is 54.9 Å². The van der Waals surface area contributed by atoms with Crippen LogP contribution in [0, 0.1) is 13.8 Å². The molecule has 1 N–H and O–H groups in total. The number of nitrogens with zero attached hydrogens (tertiary/aromatic N) is 3. The highest BCUT2D eigenvalue weighted by atomic mass is 32.2. The Morgan fingerprint density at radius 3 is 2.40 bits per heavy atom. The lowest BCUT2D eigenvalue weighted by molar-refractivity contribution is -0.128. The molecule has 1 fully saturated rings.